The van der Waals surface area contributed by atoms with Crippen LogP contribution in [0.15, 0.2) is 36.4 Å². The molecule has 1 aromatic carbocycles. The Morgan fingerprint density at radius 1 is 1.37 bits per heavy atom. The Labute approximate surface area is 115 Å². The molecule has 2 rings (SSSR count). The molecule has 1 aliphatic rings. The Kier molecular flexibility index (Phi) is 4.74. The Hall–Kier alpha value is -1.61. The normalized spacial score (nSPS) is 16.9. The van der Waals surface area contributed by atoms with E-state index in [9.17, 15) is 4.79 Å². The lowest BCUT2D eigenvalue weighted by Crippen LogP contribution is -2.45. The molecule has 102 valence electrons. The minimum absolute atomic E-state index is 0.0882. The molecule has 1 atom stereocenters. The Bertz CT molecular complexity index is 453. The average Bonchev–Trinajstić information content (AvgIpc) is 2.48. The highest BCUT2D eigenvalue weighted by molar-refractivity contribution is 5.83. The van der Waals surface area contributed by atoms with Crippen LogP contribution in [0.3, 0.4) is 0 Å². The van der Waals surface area contributed by atoms with Gasteiger partial charge in [-0.3, -0.25) is 4.79 Å². The number of hydrogen-bond acceptors (Lipinski definition) is 2. The number of nitrogens with two attached hydrogens (primary N) is 1. The van der Waals surface area contributed by atoms with E-state index >= 15 is 0 Å². The summed E-state index contributed by atoms with van der Waals surface area (Å²) in [7, 11) is 0. The second-order valence-electron chi connectivity index (χ2n) is 5.02. The van der Waals surface area contributed by atoms with Gasteiger partial charge in [0, 0.05) is 13.1 Å². The summed E-state index contributed by atoms with van der Waals surface area (Å²) in [5, 5.41) is 0. The van der Waals surface area contributed by atoms with E-state index in [0.29, 0.717) is 6.54 Å². The number of benzene rings is 1. The number of rotatable bonds is 4. The minimum atomic E-state index is -0.336. The van der Waals surface area contributed by atoms with Crippen molar-refractivity contribution < 1.29 is 4.79 Å². The highest BCUT2D eigenvalue weighted by Gasteiger charge is 2.22. The van der Waals surface area contributed by atoms with Gasteiger partial charge in [0.2, 0.25) is 5.91 Å². The number of carbonyl (C=O) groups is 1. The first kappa shape index (κ1) is 13.8. The van der Waals surface area contributed by atoms with Gasteiger partial charge in [-0.05, 0) is 24.0 Å². The third kappa shape index (κ3) is 3.44. The van der Waals surface area contributed by atoms with Crippen LogP contribution in [0, 0.1) is 0 Å². The van der Waals surface area contributed by atoms with Gasteiger partial charge in [-0.15, -0.1) is 0 Å². The molecule has 0 aromatic heterocycles. The maximum atomic E-state index is 12.1. The molecule has 0 unspecified atom stereocenters. The van der Waals surface area contributed by atoms with Crippen molar-refractivity contribution in [3.63, 3.8) is 0 Å². The lowest BCUT2D eigenvalue weighted by atomic mass is 9.99. The largest absolute Gasteiger partial charge is 0.337 e. The van der Waals surface area contributed by atoms with Crippen LogP contribution >= 0.6 is 0 Å². The van der Waals surface area contributed by atoms with Gasteiger partial charge >= 0.3 is 0 Å². The molecule has 1 aliphatic heterocycles. The lowest BCUT2D eigenvalue weighted by molar-refractivity contribution is -0.132. The molecule has 0 aliphatic carbocycles. The van der Waals surface area contributed by atoms with E-state index in [1.165, 1.54) is 11.1 Å². The van der Waals surface area contributed by atoms with E-state index in [1.54, 1.807) is 0 Å². The van der Waals surface area contributed by atoms with Crippen LogP contribution in [-0.4, -0.2) is 29.9 Å². The third-order valence-corrected chi connectivity index (χ3v) is 3.58. The molecule has 3 nitrogen and oxygen atoms in total. The maximum Gasteiger partial charge on any atom is 0.239 e. The fourth-order valence-electron chi connectivity index (χ4n) is 2.45. The minimum Gasteiger partial charge on any atom is -0.337 e. The summed E-state index contributed by atoms with van der Waals surface area (Å²) in [6, 6.07) is 10.0. The molecule has 0 fully saturated rings. The topological polar surface area (TPSA) is 46.3 Å². The molecule has 0 spiro atoms. The molecule has 2 N–H and O–H groups in total. The zero-order chi connectivity index (χ0) is 13.7. The first-order chi connectivity index (χ1) is 9.22. The van der Waals surface area contributed by atoms with Gasteiger partial charge in [-0.25, -0.2) is 0 Å². The van der Waals surface area contributed by atoms with Gasteiger partial charge in [0.05, 0.1) is 6.04 Å². The molecule has 1 amide bonds. The first-order valence-corrected chi connectivity index (χ1v) is 7.01. The van der Waals surface area contributed by atoms with E-state index in [1.807, 2.05) is 23.1 Å². The van der Waals surface area contributed by atoms with Crippen LogP contribution in [0.1, 0.15) is 31.7 Å². The van der Waals surface area contributed by atoms with Crippen molar-refractivity contribution in [2.75, 3.05) is 13.1 Å². The van der Waals surface area contributed by atoms with Gasteiger partial charge in [0.15, 0.2) is 0 Å². The fourth-order valence-corrected chi connectivity index (χ4v) is 2.45. The summed E-state index contributed by atoms with van der Waals surface area (Å²) in [5.74, 6) is 0.0882. The molecule has 0 bridgehead atoms. The number of carbonyl (C=O) groups excluding carboxylic acids is 1. The van der Waals surface area contributed by atoms with Crippen LogP contribution < -0.4 is 5.73 Å². The maximum absolute atomic E-state index is 12.1. The van der Waals surface area contributed by atoms with Crippen molar-refractivity contribution in [2.45, 2.75) is 32.2 Å². The van der Waals surface area contributed by atoms with Crippen LogP contribution in [0.4, 0.5) is 0 Å². The zero-order valence-electron chi connectivity index (χ0n) is 11.5. The van der Waals surface area contributed by atoms with Gasteiger partial charge in [-0.2, -0.15) is 0 Å². The number of hydrogen-bond donors (Lipinski definition) is 1. The predicted molar refractivity (Wildman–Crippen MR) is 78.5 cm³/mol. The second kappa shape index (κ2) is 6.53. The molecular formula is C16H22N2O. The van der Waals surface area contributed by atoms with Gasteiger partial charge in [-0.1, -0.05) is 49.8 Å². The summed E-state index contributed by atoms with van der Waals surface area (Å²) in [6.07, 6.45) is 4.78. The molecule has 1 aromatic rings. The molecule has 0 radical (unpaired) electrons. The third-order valence-electron chi connectivity index (χ3n) is 3.58. The molecular weight excluding hydrogens is 236 g/mol. The van der Waals surface area contributed by atoms with Crippen LogP contribution in [-0.2, 0) is 4.79 Å². The Balaban J connectivity index is 1.98. The van der Waals surface area contributed by atoms with E-state index in [0.717, 1.165) is 25.8 Å². The Morgan fingerprint density at radius 3 is 2.68 bits per heavy atom. The van der Waals surface area contributed by atoms with E-state index in [-0.39, 0.29) is 11.9 Å². The van der Waals surface area contributed by atoms with Crippen molar-refractivity contribution in [3.8, 4) is 0 Å². The quantitative estimate of drug-likeness (QED) is 0.901. The highest BCUT2D eigenvalue weighted by atomic mass is 16.2. The van der Waals surface area contributed by atoms with E-state index < -0.39 is 0 Å². The second-order valence-corrected chi connectivity index (χ2v) is 5.02. The fraction of sp³-hybridized carbons (Fsp3) is 0.438. The van der Waals surface area contributed by atoms with Crippen LogP contribution in [0.25, 0.3) is 5.57 Å². The van der Waals surface area contributed by atoms with Crippen molar-refractivity contribution in [3.05, 3.63) is 42.0 Å². The van der Waals surface area contributed by atoms with Crippen LogP contribution in [0.5, 0.6) is 0 Å². The van der Waals surface area contributed by atoms with Crippen LogP contribution in [0.2, 0.25) is 0 Å². The zero-order valence-corrected chi connectivity index (χ0v) is 11.5. The summed E-state index contributed by atoms with van der Waals surface area (Å²) in [6.45, 7) is 3.51. The standard InChI is InChI=1S/C16H22N2O/c1-2-6-15(17)16(19)18-11-9-14(10-12-18)13-7-4-3-5-8-13/h3-5,7-9,15H,2,6,10-12,17H2,1H3/t15-/m1/s1. The SMILES string of the molecule is CCC[C@@H](N)C(=O)N1CC=C(c2ccccc2)CC1. The number of nitrogens with zero attached hydrogens (tertiary/aromatic N) is 1. The molecule has 3 heteroatoms. The summed E-state index contributed by atoms with van der Waals surface area (Å²) in [4.78, 5) is 14.0. The molecule has 0 saturated heterocycles. The highest BCUT2D eigenvalue weighted by Crippen LogP contribution is 2.22. The Morgan fingerprint density at radius 2 is 2.11 bits per heavy atom. The molecule has 0 saturated carbocycles. The molecule has 1 heterocycles. The average molecular weight is 258 g/mol. The smallest absolute Gasteiger partial charge is 0.239 e. The predicted octanol–water partition coefficient (Wildman–Crippen LogP) is 2.43. The van der Waals surface area contributed by atoms with Crippen molar-refractivity contribution in [1.29, 1.82) is 0 Å². The lowest BCUT2D eigenvalue weighted by Gasteiger charge is -2.29. The van der Waals surface area contributed by atoms with E-state index in [4.69, 9.17) is 5.73 Å². The first-order valence-electron chi connectivity index (χ1n) is 7.01. The summed E-state index contributed by atoms with van der Waals surface area (Å²) < 4.78 is 0. The van der Waals surface area contributed by atoms with Gasteiger partial charge < -0.3 is 10.6 Å². The van der Waals surface area contributed by atoms with Crippen molar-refractivity contribution >= 4 is 11.5 Å². The summed E-state index contributed by atoms with van der Waals surface area (Å²) >= 11 is 0. The summed E-state index contributed by atoms with van der Waals surface area (Å²) in [5.41, 5.74) is 8.48. The van der Waals surface area contributed by atoms with Gasteiger partial charge in [0.1, 0.15) is 0 Å². The van der Waals surface area contributed by atoms with Crippen molar-refractivity contribution in [1.82, 2.24) is 4.90 Å². The molecule has 19 heavy (non-hydrogen) atoms. The number of amides is 1. The van der Waals surface area contributed by atoms with Crippen molar-refractivity contribution in [2.24, 2.45) is 5.73 Å². The van der Waals surface area contributed by atoms with E-state index in [2.05, 4.69) is 25.1 Å². The monoisotopic (exact) mass is 258 g/mol. The van der Waals surface area contributed by atoms with Gasteiger partial charge in [0.25, 0.3) is 0 Å².